The Hall–Kier alpha value is -2.51. The summed E-state index contributed by atoms with van der Waals surface area (Å²) in [5.74, 6) is 0.245. The fourth-order valence-corrected chi connectivity index (χ4v) is 3.48. The third kappa shape index (κ3) is 2.72. The maximum atomic E-state index is 5.68. The van der Waals surface area contributed by atoms with E-state index in [0.29, 0.717) is 0 Å². The van der Waals surface area contributed by atoms with Crippen molar-refractivity contribution in [3.63, 3.8) is 0 Å². The number of hydrogen-bond donors (Lipinski definition) is 1. The Labute approximate surface area is 150 Å². The van der Waals surface area contributed by atoms with Crippen molar-refractivity contribution in [2.75, 3.05) is 5.73 Å². The summed E-state index contributed by atoms with van der Waals surface area (Å²) in [6, 6.07) is 10.1. The molecule has 24 heavy (non-hydrogen) atoms. The monoisotopic (exact) mass is 397 g/mol. The van der Waals surface area contributed by atoms with Crippen LogP contribution in [0.2, 0.25) is 0 Å². The van der Waals surface area contributed by atoms with Crippen molar-refractivity contribution in [2.45, 2.75) is 0 Å². The number of anilines is 1. The van der Waals surface area contributed by atoms with Crippen LogP contribution in [0.5, 0.6) is 0 Å². The molecule has 1 aromatic carbocycles. The second-order valence-electron chi connectivity index (χ2n) is 5.06. The van der Waals surface area contributed by atoms with Crippen LogP contribution in [0.25, 0.3) is 28.4 Å². The van der Waals surface area contributed by atoms with Crippen LogP contribution >= 0.6 is 27.3 Å². The van der Waals surface area contributed by atoms with Crippen LogP contribution in [0.1, 0.15) is 11.4 Å². The molecule has 3 aromatic heterocycles. The molecule has 3 heterocycles. The first-order chi connectivity index (χ1) is 11.7. The quantitative estimate of drug-likeness (QED) is 0.557. The number of rotatable bonds is 3. The number of nitrogen functional groups attached to an aromatic ring is 1. The first-order valence-electron chi connectivity index (χ1n) is 7.19. The van der Waals surface area contributed by atoms with Crippen molar-refractivity contribution in [3.05, 3.63) is 64.0 Å². The van der Waals surface area contributed by atoms with Crippen molar-refractivity contribution >= 4 is 50.3 Å². The fourth-order valence-electron chi connectivity index (χ4n) is 2.44. The summed E-state index contributed by atoms with van der Waals surface area (Å²) in [7, 11) is 0. The minimum atomic E-state index is 0.245. The van der Waals surface area contributed by atoms with Crippen molar-refractivity contribution in [2.24, 2.45) is 0 Å². The first-order valence-corrected chi connectivity index (χ1v) is 8.87. The lowest BCUT2D eigenvalue weighted by molar-refractivity contribution is 1.15. The van der Waals surface area contributed by atoms with E-state index in [-0.39, 0.29) is 5.95 Å². The summed E-state index contributed by atoms with van der Waals surface area (Å²) in [4.78, 5) is 13.9. The molecule has 118 valence electrons. The summed E-state index contributed by atoms with van der Waals surface area (Å²) < 4.78 is 2.86. The maximum absolute atomic E-state index is 5.68. The second-order valence-corrected chi connectivity index (χ2v) is 6.79. The Balaban J connectivity index is 1.85. The first kappa shape index (κ1) is 15.0. The van der Waals surface area contributed by atoms with Gasteiger partial charge in [0.2, 0.25) is 5.95 Å². The Bertz CT molecular complexity index is 1040. The molecule has 0 amide bonds. The van der Waals surface area contributed by atoms with Crippen LogP contribution in [0, 0.1) is 0 Å². The number of halogens is 1. The topological polar surface area (TPSA) is 69.1 Å². The molecular weight excluding hydrogens is 386 g/mol. The predicted octanol–water partition coefficient (Wildman–Crippen LogP) is 4.37. The lowest BCUT2D eigenvalue weighted by Gasteiger charge is -2.01. The summed E-state index contributed by atoms with van der Waals surface area (Å²) in [5, 5.41) is 2.02. The molecule has 0 atom stereocenters. The number of fused-ring (bicyclic) bond motifs is 1. The summed E-state index contributed by atoms with van der Waals surface area (Å²) >= 11 is 5.06. The molecule has 0 fully saturated rings. The largest absolute Gasteiger partial charge is 0.368 e. The Morgan fingerprint density at radius 2 is 1.96 bits per heavy atom. The normalized spacial score (nSPS) is 11.5. The molecule has 5 nitrogen and oxygen atoms in total. The molecule has 0 aliphatic carbocycles. The zero-order valence-electron chi connectivity index (χ0n) is 12.4. The molecule has 0 bridgehead atoms. The molecule has 0 saturated carbocycles. The van der Waals surface area contributed by atoms with Gasteiger partial charge in [-0.3, -0.25) is 4.40 Å². The molecule has 2 N–H and O–H groups in total. The van der Waals surface area contributed by atoms with Crippen LogP contribution in [0.3, 0.4) is 0 Å². The predicted molar refractivity (Wildman–Crippen MR) is 102 cm³/mol. The average Bonchev–Trinajstić information content (AvgIpc) is 3.18. The van der Waals surface area contributed by atoms with Gasteiger partial charge in [-0.2, -0.15) is 0 Å². The highest BCUT2D eigenvalue weighted by Crippen LogP contribution is 2.28. The van der Waals surface area contributed by atoms with Gasteiger partial charge in [-0.05, 0) is 28.1 Å². The summed E-state index contributed by atoms with van der Waals surface area (Å²) in [6.07, 6.45) is 7.58. The van der Waals surface area contributed by atoms with Crippen molar-refractivity contribution < 1.29 is 0 Å². The zero-order chi connectivity index (χ0) is 16.5. The number of hydrogen-bond acceptors (Lipinski definition) is 5. The molecule has 4 rings (SSSR count). The van der Waals surface area contributed by atoms with E-state index in [4.69, 9.17) is 10.7 Å². The van der Waals surface area contributed by atoms with E-state index in [0.717, 1.165) is 32.1 Å². The van der Waals surface area contributed by atoms with Gasteiger partial charge >= 0.3 is 0 Å². The number of thiazole rings is 1. The molecule has 0 spiro atoms. The number of aromatic nitrogens is 4. The highest BCUT2D eigenvalue weighted by Gasteiger charge is 2.12. The zero-order valence-corrected chi connectivity index (χ0v) is 14.8. The lowest BCUT2D eigenvalue weighted by Crippen LogP contribution is -1.96. The standard InChI is InChI=1S/C17H12BrN5S/c18-12-10-20-16(19)21-13(12)6-7-14-15(11-4-2-1-3-5-11)22-17-23(14)8-9-24-17/h1-10H,(H2,19,20,21)/b7-6+. The SMILES string of the molecule is Nc1ncc(Br)c(/C=C/c2c(-c3ccccc3)nc3sccn23)n1. The molecule has 0 aliphatic rings. The summed E-state index contributed by atoms with van der Waals surface area (Å²) in [6.45, 7) is 0. The molecule has 0 saturated heterocycles. The van der Waals surface area contributed by atoms with Gasteiger partial charge in [-0.15, -0.1) is 11.3 Å². The van der Waals surface area contributed by atoms with Crippen LogP contribution in [-0.4, -0.2) is 19.4 Å². The van der Waals surface area contributed by atoms with Crippen LogP contribution in [0.4, 0.5) is 5.95 Å². The molecular formula is C17H12BrN5S. The Morgan fingerprint density at radius 3 is 2.79 bits per heavy atom. The minimum Gasteiger partial charge on any atom is -0.368 e. The number of nitrogens with zero attached hydrogens (tertiary/aromatic N) is 4. The lowest BCUT2D eigenvalue weighted by atomic mass is 10.1. The van der Waals surface area contributed by atoms with Crippen molar-refractivity contribution in [1.29, 1.82) is 0 Å². The average molecular weight is 398 g/mol. The van der Waals surface area contributed by atoms with Crippen LogP contribution in [-0.2, 0) is 0 Å². The van der Waals surface area contributed by atoms with Gasteiger partial charge < -0.3 is 5.73 Å². The van der Waals surface area contributed by atoms with Crippen molar-refractivity contribution in [1.82, 2.24) is 19.4 Å². The molecule has 0 unspecified atom stereocenters. The second kappa shape index (κ2) is 6.18. The Kier molecular flexibility index (Phi) is 3.87. The third-order valence-corrected chi connectivity index (χ3v) is 4.90. The summed E-state index contributed by atoms with van der Waals surface area (Å²) in [5.41, 5.74) is 9.43. The van der Waals surface area contributed by atoms with E-state index in [1.807, 2.05) is 41.9 Å². The molecule has 0 radical (unpaired) electrons. The van der Waals surface area contributed by atoms with Gasteiger partial charge in [-0.1, -0.05) is 30.3 Å². The highest BCUT2D eigenvalue weighted by atomic mass is 79.9. The molecule has 4 aromatic rings. The van der Waals surface area contributed by atoms with Gasteiger partial charge in [0.05, 0.1) is 21.6 Å². The van der Waals surface area contributed by atoms with E-state index in [2.05, 4.69) is 42.4 Å². The van der Waals surface area contributed by atoms with Gasteiger partial charge in [0, 0.05) is 23.3 Å². The van der Waals surface area contributed by atoms with E-state index in [1.54, 1.807) is 17.5 Å². The molecule has 7 heteroatoms. The van der Waals surface area contributed by atoms with Crippen LogP contribution in [0.15, 0.2) is 52.6 Å². The van der Waals surface area contributed by atoms with Gasteiger partial charge in [-0.25, -0.2) is 15.0 Å². The van der Waals surface area contributed by atoms with Crippen molar-refractivity contribution in [3.8, 4) is 11.3 Å². The Morgan fingerprint density at radius 1 is 1.12 bits per heavy atom. The highest BCUT2D eigenvalue weighted by molar-refractivity contribution is 9.10. The number of imidazole rings is 1. The van der Waals surface area contributed by atoms with Gasteiger partial charge in [0.1, 0.15) is 0 Å². The third-order valence-electron chi connectivity index (χ3n) is 3.54. The van der Waals surface area contributed by atoms with E-state index >= 15 is 0 Å². The molecule has 0 aliphatic heterocycles. The van der Waals surface area contributed by atoms with Crippen LogP contribution < -0.4 is 5.73 Å². The fraction of sp³-hybridized carbons (Fsp3) is 0. The van der Waals surface area contributed by atoms with Gasteiger partial charge in [0.15, 0.2) is 4.96 Å². The number of nitrogens with two attached hydrogens (primary N) is 1. The minimum absolute atomic E-state index is 0.245. The number of benzene rings is 1. The smallest absolute Gasteiger partial charge is 0.220 e. The van der Waals surface area contributed by atoms with E-state index in [1.165, 1.54) is 0 Å². The van der Waals surface area contributed by atoms with E-state index in [9.17, 15) is 0 Å². The maximum Gasteiger partial charge on any atom is 0.220 e. The van der Waals surface area contributed by atoms with E-state index < -0.39 is 0 Å². The van der Waals surface area contributed by atoms with Gasteiger partial charge in [0.25, 0.3) is 0 Å².